The normalized spacial score (nSPS) is 9.94. The second-order valence-corrected chi connectivity index (χ2v) is 3.92. The Morgan fingerprint density at radius 3 is 2.83 bits per heavy atom. The molecule has 2 aromatic rings. The van der Waals surface area contributed by atoms with Crippen LogP contribution >= 0.6 is 0 Å². The van der Waals surface area contributed by atoms with Gasteiger partial charge in [0.2, 0.25) is 0 Å². The highest BCUT2D eigenvalue weighted by Gasteiger charge is 2.04. The van der Waals surface area contributed by atoms with Crippen molar-refractivity contribution in [3.8, 4) is 11.8 Å². The van der Waals surface area contributed by atoms with Gasteiger partial charge in [-0.15, -0.1) is 0 Å². The summed E-state index contributed by atoms with van der Waals surface area (Å²) in [4.78, 5) is 0. The molecule has 0 atom stereocenters. The van der Waals surface area contributed by atoms with Crippen molar-refractivity contribution in [2.45, 2.75) is 13.5 Å². The first-order chi connectivity index (χ1) is 8.69. The number of hydrogen-bond acceptors (Lipinski definition) is 2. The van der Waals surface area contributed by atoms with E-state index in [0.29, 0.717) is 17.7 Å². The smallest absolute Gasteiger partial charge is 0.129 e. The largest absolute Gasteiger partial charge is 0.384 e. The maximum absolute atomic E-state index is 13.8. The number of aliphatic hydroxyl groups is 1. The molecule has 0 saturated carbocycles. The monoisotopic (exact) mass is 244 g/mol. The van der Waals surface area contributed by atoms with Crippen molar-refractivity contribution in [1.82, 2.24) is 9.78 Å². The van der Waals surface area contributed by atoms with Crippen LogP contribution in [0.25, 0.3) is 0 Å². The Bertz CT molecular complexity index is 608. The van der Waals surface area contributed by atoms with Crippen LogP contribution in [0.3, 0.4) is 0 Å². The predicted molar refractivity (Wildman–Crippen MR) is 66.4 cm³/mol. The summed E-state index contributed by atoms with van der Waals surface area (Å²) in [7, 11) is 0. The molecule has 0 unspecified atom stereocenters. The first-order valence-electron chi connectivity index (χ1n) is 5.57. The fourth-order valence-electron chi connectivity index (χ4n) is 1.62. The van der Waals surface area contributed by atoms with Crippen molar-refractivity contribution in [3.05, 3.63) is 53.1 Å². The summed E-state index contributed by atoms with van der Waals surface area (Å²) in [5.41, 5.74) is 2.02. The van der Waals surface area contributed by atoms with Gasteiger partial charge in [0, 0.05) is 17.3 Å². The number of aromatic nitrogens is 2. The van der Waals surface area contributed by atoms with E-state index in [1.807, 2.05) is 19.2 Å². The fourth-order valence-corrected chi connectivity index (χ4v) is 1.62. The molecule has 3 nitrogen and oxygen atoms in total. The zero-order valence-electron chi connectivity index (χ0n) is 10.0. The van der Waals surface area contributed by atoms with Crippen LogP contribution in [0.4, 0.5) is 4.39 Å². The van der Waals surface area contributed by atoms with E-state index in [1.165, 1.54) is 6.07 Å². The number of halogens is 1. The molecule has 0 radical (unpaired) electrons. The molecule has 0 aliphatic rings. The van der Waals surface area contributed by atoms with Crippen molar-refractivity contribution in [2.24, 2.45) is 0 Å². The van der Waals surface area contributed by atoms with Gasteiger partial charge in [-0.1, -0.05) is 17.9 Å². The highest BCUT2D eigenvalue weighted by atomic mass is 19.1. The van der Waals surface area contributed by atoms with Crippen molar-refractivity contribution >= 4 is 0 Å². The maximum Gasteiger partial charge on any atom is 0.129 e. The lowest BCUT2D eigenvalue weighted by atomic mass is 10.1. The van der Waals surface area contributed by atoms with E-state index in [1.54, 1.807) is 16.8 Å². The summed E-state index contributed by atoms with van der Waals surface area (Å²) in [6, 6.07) is 6.67. The Hall–Kier alpha value is -2.12. The Balaban J connectivity index is 2.19. The van der Waals surface area contributed by atoms with Crippen molar-refractivity contribution in [1.29, 1.82) is 0 Å². The van der Waals surface area contributed by atoms with Crippen molar-refractivity contribution in [3.63, 3.8) is 0 Å². The molecule has 1 aromatic carbocycles. The topological polar surface area (TPSA) is 38.0 Å². The molecule has 2 rings (SSSR count). The van der Waals surface area contributed by atoms with Gasteiger partial charge in [-0.3, -0.25) is 4.68 Å². The van der Waals surface area contributed by atoms with E-state index in [9.17, 15) is 4.39 Å². The maximum atomic E-state index is 13.8. The molecule has 92 valence electrons. The third kappa shape index (κ3) is 2.96. The summed E-state index contributed by atoms with van der Waals surface area (Å²) in [6.07, 6.45) is 1.81. The third-order valence-corrected chi connectivity index (χ3v) is 2.47. The Morgan fingerprint density at radius 1 is 1.39 bits per heavy atom. The van der Waals surface area contributed by atoms with E-state index in [0.717, 1.165) is 5.69 Å². The average Bonchev–Trinajstić information content (AvgIpc) is 2.75. The van der Waals surface area contributed by atoms with Gasteiger partial charge < -0.3 is 5.11 Å². The lowest BCUT2D eigenvalue weighted by Gasteiger charge is -2.04. The predicted octanol–water partition coefficient (Wildman–Crippen LogP) is 1.72. The van der Waals surface area contributed by atoms with Gasteiger partial charge >= 0.3 is 0 Å². The lowest BCUT2D eigenvalue weighted by Crippen LogP contribution is -2.03. The zero-order valence-corrected chi connectivity index (χ0v) is 10.0. The van der Waals surface area contributed by atoms with Gasteiger partial charge in [0.1, 0.15) is 12.4 Å². The zero-order chi connectivity index (χ0) is 13.0. The second-order valence-electron chi connectivity index (χ2n) is 3.92. The van der Waals surface area contributed by atoms with E-state index in [2.05, 4.69) is 16.9 Å². The van der Waals surface area contributed by atoms with Crippen LogP contribution in [0.2, 0.25) is 0 Å². The molecule has 0 aliphatic carbocycles. The molecule has 0 saturated heterocycles. The summed E-state index contributed by atoms with van der Waals surface area (Å²) < 4.78 is 15.5. The Labute approximate surface area is 105 Å². The molecular weight excluding hydrogens is 231 g/mol. The Kier molecular flexibility index (Phi) is 3.75. The fraction of sp³-hybridized carbons (Fsp3) is 0.214. The molecule has 0 bridgehead atoms. The summed E-state index contributed by atoms with van der Waals surface area (Å²) in [6.45, 7) is 2.06. The molecule has 4 heteroatoms. The van der Waals surface area contributed by atoms with Crippen LogP contribution in [0.15, 0.2) is 30.5 Å². The summed E-state index contributed by atoms with van der Waals surface area (Å²) in [5.74, 6) is 4.84. The highest BCUT2D eigenvalue weighted by molar-refractivity contribution is 5.37. The minimum atomic E-state index is -0.312. The van der Waals surface area contributed by atoms with Crippen molar-refractivity contribution in [2.75, 3.05) is 6.61 Å². The first-order valence-corrected chi connectivity index (χ1v) is 5.57. The Morgan fingerprint density at radius 2 is 2.22 bits per heavy atom. The number of nitrogens with zero attached hydrogens (tertiary/aromatic N) is 2. The molecule has 1 N–H and O–H groups in total. The molecule has 0 fully saturated rings. The molecule has 0 aliphatic heterocycles. The SMILES string of the molecule is Cc1ccn(Cc2ccc(C#CCO)cc2F)n1. The minimum Gasteiger partial charge on any atom is -0.384 e. The first kappa shape index (κ1) is 12.3. The second kappa shape index (κ2) is 5.48. The minimum absolute atomic E-state index is 0.226. The molecule has 1 heterocycles. The number of aliphatic hydroxyl groups excluding tert-OH is 1. The van der Waals surface area contributed by atoms with Gasteiger partial charge in [-0.2, -0.15) is 5.10 Å². The highest BCUT2D eigenvalue weighted by Crippen LogP contribution is 2.11. The van der Waals surface area contributed by atoms with E-state index < -0.39 is 0 Å². The summed E-state index contributed by atoms with van der Waals surface area (Å²) >= 11 is 0. The molecule has 0 amide bonds. The average molecular weight is 244 g/mol. The van der Waals surface area contributed by atoms with Gasteiger partial charge in [0.15, 0.2) is 0 Å². The van der Waals surface area contributed by atoms with Crippen LogP contribution in [0.1, 0.15) is 16.8 Å². The summed E-state index contributed by atoms with van der Waals surface area (Å²) in [5, 5.41) is 12.8. The quantitative estimate of drug-likeness (QED) is 0.817. The van der Waals surface area contributed by atoms with Crippen LogP contribution in [-0.4, -0.2) is 21.5 Å². The van der Waals surface area contributed by atoms with Crippen LogP contribution < -0.4 is 0 Å². The molecular formula is C14H13FN2O. The van der Waals surface area contributed by atoms with Gasteiger partial charge in [0.05, 0.1) is 12.2 Å². The van der Waals surface area contributed by atoms with Gasteiger partial charge in [-0.05, 0) is 25.1 Å². The third-order valence-electron chi connectivity index (χ3n) is 2.47. The molecule has 0 spiro atoms. The number of benzene rings is 1. The standard InChI is InChI=1S/C14H13FN2O/c1-11-6-7-17(16-11)10-13-5-4-12(3-2-8-18)9-14(13)15/h4-7,9,18H,8,10H2,1H3. The van der Waals surface area contributed by atoms with Crippen LogP contribution in [-0.2, 0) is 6.54 Å². The number of hydrogen-bond donors (Lipinski definition) is 1. The van der Waals surface area contributed by atoms with E-state index in [-0.39, 0.29) is 12.4 Å². The van der Waals surface area contributed by atoms with Gasteiger partial charge in [-0.25, -0.2) is 4.39 Å². The molecule has 1 aromatic heterocycles. The van der Waals surface area contributed by atoms with E-state index in [4.69, 9.17) is 5.11 Å². The molecule has 18 heavy (non-hydrogen) atoms. The van der Waals surface area contributed by atoms with E-state index >= 15 is 0 Å². The lowest BCUT2D eigenvalue weighted by molar-refractivity contribution is 0.350. The number of aryl methyl sites for hydroxylation is 1. The van der Waals surface area contributed by atoms with Crippen LogP contribution in [0.5, 0.6) is 0 Å². The van der Waals surface area contributed by atoms with Crippen LogP contribution in [0, 0.1) is 24.6 Å². The number of rotatable bonds is 2. The van der Waals surface area contributed by atoms with Crippen molar-refractivity contribution < 1.29 is 9.50 Å². The van der Waals surface area contributed by atoms with Gasteiger partial charge in [0.25, 0.3) is 0 Å².